The third-order valence-electron chi connectivity index (χ3n) is 6.04. The van der Waals surface area contributed by atoms with E-state index in [2.05, 4.69) is 10.3 Å². The summed E-state index contributed by atoms with van der Waals surface area (Å²) in [6, 6.07) is -1.14. The first-order chi connectivity index (χ1) is 16.1. The fraction of sp³-hybridized carbons (Fsp3) is 0.680. The van der Waals surface area contributed by atoms with Gasteiger partial charge < -0.3 is 14.8 Å². The van der Waals surface area contributed by atoms with Crippen LogP contribution in [0.15, 0.2) is 0 Å². The number of fused-ring (bicyclic) bond motifs is 1. The second-order valence-electron chi connectivity index (χ2n) is 11.3. The van der Waals surface area contributed by atoms with Gasteiger partial charge in [0.05, 0.1) is 18.0 Å². The van der Waals surface area contributed by atoms with Gasteiger partial charge in [-0.05, 0) is 67.2 Å². The Morgan fingerprint density at radius 2 is 1.71 bits per heavy atom. The summed E-state index contributed by atoms with van der Waals surface area (Å²) in [5, 5.41) is 2.94. The van der Waals surface area contributed by atoms with E-state index in [1.54, 1.807) is 27.7 Å². The molecular weight excluding hydrogens is 477 g/mol. The first kappa shape index (κ1) is 27.2. The maximum atomic E-state index is 15.7. The molecule has 0 saturated heterocycles. The normalized spacial score (nSPS) is 22.6. The third kappa shape index (κ3) is 6.23. The second kappa shape index (κ2) is 9.91. The van der Waals surface area contributed by atoms with Gasteiger partial charge in [-0.1, -0.05) is 24.4 Å². The summed E-state index contributed by atoms with van der Waals surface area (Å²) in [6.07, 6.45) is 2.73. The van der Waals surface area contributed by atoms with Gasteiger partial charge in [0.25, 0.3) is 5.91 Å². The zero-order valence-corrected chi connectivity index (χ0v) is 22.2. The molecule has 0 radical (unpaired) electrons. The molecule has 2 aliphatic rings. The lowest BCUT2D eigenvalue weighted by Gasteiger charge is -2.33. The number of carbonyl (C=O) groups excluding carboxylic acids is 3. The maximum absolute atomic E-state index is 15.7. The highest BCUT2D eigenvalue weighted by molar-refractivity contribution is 6.33. The van der Waals surface area contributed by atoms with Crippen molar-refractivity contribution in [2.24, 2.45) is 5.92 Å². The number of ether oxygens (including phenoxy) is 2. The van der Waals surface area contributed by atoms with Crippen molar-refractivity contribution >= 4 is 35.4 Å². The topological polar surface area (TPSA) is 97.8 Å². The number of hydrogen-bond donors (Lipinski definition) is 1. The van der Waals surface area contributed by atoms with E-state index in [-0.39, 0.29) is 46.4 Å². The molecule has 2 heterocycles. The highest BCUT2D eigenvalue weighted by Crippen LogP contribution is 2.42. The third-order valence-corrected chi connectivity index (χ3v) is 6.31. The van der Waals surface area contributed by atoms with Crippen molar-refractivity contribution in [3.8, 4) is 0 Å². The molecule has 1 N–H and O–H groups in total. The van der Waals surface area contributed by atoms with Gasteiger partial charge in [-0.2, -0.15) is 0 Å². The highest BCUT2D eigenvalue weighted by atomic mass is 35.5. The van der Waals surface area contributed by atoms with Gasteiger partial charge in [-0.3, -0.25) is 9.59 Å². The number of hydrogen-bond acceptors (Lipinski definition) is 7. The molecule has 1 aromatic rings. The Balaban J connectivity index is 1.85. The molecule has 0 spiro atoms. The Labute approximate surface area is 210 Å². The molecule has 1 aliphatic heterocycles. The molecule has 1 fully saturated rings. The molecule has 2 amide bonds. The van der Waals surface area contributed by atoms with Crippen LogP contribution < -0.4 is 5.32 Å². The Bertz CT molecular complexity index is 1020. The van der Waals surface area contributed by atoms with Crippen molar-refractivity contribution < 1.29 is 28.2 Å². The molecule has 0 bridgehead atoms. The highest BCUT2D eigenvalue weighted by Gasteiger charge is 2.45. The Morgan fingerprint density at radius 1 is 1.11 bits per heavy atom. The van der Waals surface area contributed by atoms with Crippen LogP contribution in [0.1, 0.15) is 103 Å². The van der Waals surface area contributed by atoms with Gasteiger partial charge in [0.2, 0.25) is 0 Å². The molecule has 194 valence electrons. The zero-order chi connectivity index (χ0) is 26.3. The van der Waals surface area contributed by atoms with Crippen LogP contribution in [0.5, 0.6) is 0 Å². The van der Waals surface area contributed by atoms with Crippen molar-refractivity contribution in [1.82, 2.24) is 9.88 Å². The second-order valence-corrected chi connectivity index (χ2v) is 11.6. The molecular formula is C25H35ClFN3O5. The van der Waals surface area contributed by atoms with E-state index in [9.17, 15) is 14.4 Å². The van der Waals surface area contributed by atoms with Crippen LogP contribution in [0.3, 0.4) is 0 Å². The van der Waals surface area contributed by atoms with Crippen LogP contribution in [0.25, 0.3) is 0 Å². The summed E-state index contributed by atoms with van der Waals surface area (Å²) in [4.78, 5) is 43.0. The van der Waals surface area contributed by atoms with Crippen LogP contribution in [-0.4, -0.2) is 45.1 Å². The van der Waals surface area contributed by atoms with Gasteiger partial charge in [0.15, 0.2) is 11.6 Å². The largest absolute Gasteiger partial charge is 0.460 e. The van der Waals surface area contributed by atoms with Gasteiger partial charge in [-0.15, -0.1) is 0 Å². The first-order valence-corrected chi connectivity index (χ1v) is 12.4. The minimum atomic E-state index is -0.919. The molecule has 1 unspecified atom stereocenters. The predicted molar refractivity (Wildman–Crippen MR) is 130 cm³/mol. The van der Waals surface area contributed by atoms with Crippen LogP contribution in [0.2, 0.25) is 5.15 Å². The van der Waals surface area contributed by atoms with Crippen molar-refractivity contribution in [3.63, 3.8) is 0 Å². The molecule has 3 atom stereocenters. The van der Waals surface area contributed by atoms with E-state index < -0.39 is 35.1 Å². The maximum Gasteiger partial charge on any atom is 0.417 e. The average molecular weight is 512 g/mol. The lowest BCUT2D eigenvalue weighted by Crippen LogP contribution is -2.38. The smallest absolute Gasteiger partial charge is 0.417 e. The van der Waals surface area contributed by atoms with Gasteiger partial charge in [-0.25, -0.2) is 19.1 Å². The number of rotatable bonds is 4. The number of halogens is 2. The van der Waals surface area contributed by atoms with E-state index in [1.807, 2.05) is 20.8 Å². The van der Waals surface area contributed by atoms with Crippen molar-refractivity contribution in [1.29, 1.82) is 0 Å². The SMILES string of the molecule is CC1c2c(F)c(N[C@@H]3CCCC[C@@H]3CC(=O)OC(C)(C)C)nc(Cl)c2C(=O)N1C(=O)OC(C)(C)C. The lowest BCUT2D eigenvalue weighted by atomic mass is 9.82. The number of anilines is 1. The molecule has 35 heavy (non-hydrogen) atoms. The Kier molecular flexibility index (Phi) is 7.70. The lowest BCUT2D eigenvalue weighted by molar-refractivity contribution is -0.156. The van der Waals surface area contributed by atoms with Crippen LogP contribution in [0, 0.1) is 11.7 Å². The summed E-state index contributed by atoms with van der Waals surface area (Å²) in [5.41, 5.74) is -1.55. The van der Waals surface area contributed by atoms with E-state index in [4.69, 9.17) is 21.1 Å². The number of carbonyl (C=O) groups is 3. The Hall–Kier alpha value is -2.42. The summed E-state index contributed by atoms with van der Waals surface area (Å²) in [5.74, 6) is -1.95. The van der Waals surface area contributed by atoms with Crippen molar-refractivity contribution in [2.45, 2.75) is 104 Å². The minimum Gasteiger partial charge on any atom is -0.460 e. The Morgan fingerprint density at radius 3 is 2.31 bits per heavy atom. The van der Waals surface area contributed by atoms with Gasteiger partial charge >= 0.3 is 12.1 Å². The fourth-order valence-corrected chi connectivity index (χ4v) is 4.90. The van der Waals surface area contributed by atoms with E-state index in [1.165, 1.54) is 0 Å². The van der Waals surface area contributed by atoms with Crippen molar-refractivity contribution in [3.05, 3.63) is 22.1 Å². The number of nitrogens with zero attached hydrogens (tertiary/aromatic N) is 2. The first-order valence-electron chi connectivity index (χ1n) is 12.0. The van der Waals surface area contributed by atoms with Gasteiger partial charge in [0, 0.05) is 11.6 Å². The van der Waals surface area contributed by atoms with E-state index >= 15 is 4.39 Å². The number of imide groups is 1. The molecule has 3 rings (SSSR count). The zero-order valence-electron chi connectivity index (χ0n) is 21.5. The van der Waals surface area contributed by atoms with Crippen LogP contribution >= 0.6 is 11.6 Å². The number of amides is 2. The van der Waals surface area contributed by atoms with Crippen LogP contribution in [0.4, 0.5) is 15.0 Å². The molecule has 1 saturated carbocycles. The van der Waals surface area contributed by atoms with Crippen molar-refractivity contribution in [2.75, 3.05) is 5.32 Å². The molecule has 0 aromatic carbocycles. The number of pyridine rings is 1. The van der Waals surface area contributed by atoms with Gasteiger partial charge in [0.1, 0.15) is 16.4 Å². The summed E-state index contributed by atoms with van der Waals surface area (Å²) < 4.78 is 26.5. The van der Waals surface area contributed by atoms with Crippen LogP contribution in [-0.2, 0) is 14.3 Å². The molecule has 10 heteroatoms. The minimum absolute atomic E-state index is 0.00265. The van der Waals surface area contributed by atoms with E-state index in [0.717, 1.165) is 30.6 Å². The fourth-order valence-electron chi connectivity index (χ4n) is 4.64. The summed E-state index contributed by atoms with van der Waals surface area (Å²) in [7, 11) is 0. The quantitative estimate of drug-likeness (QED) is 0.389. The standard InChI is InChI=1S/C25H35ClFN3O5/c1-13-17-18(22(32)30(13)23(33)35-25(5,6)7)20(26)29-21(19(17)27)28-15-11-9-8-10-14(15)12-16(31)34-24(2,3)4/h13-15H,8-12H2,1-7H3,(H,28,29)/t13?,14-,15-/m1/s1. The molecule has 1 aliphatic carbocycles. The summed E-state index contributed by atoms with van der Waals surface area (Å²) >= 11 is 6.33. The monoisotopic (exact) mass is 511 g/mol. The number of aromatic nitrogens is 1. The average Bonchev–Trinajstić information content (AvgIpc) is 2.95. The number of esters is 1. The summed E-state index contributed by atoms with van der Waals surface area (Å²) in [6.45, 7) is 12.0. The molecule has 1 aromatic heterocycles. The molecule has 8 nitrogen and oxygen atoms in total. The number of nitrogens with one attached hydrogen (secondary N) is 1. The van der Waals surface area contributed by atoms with E-state index in [0.29, 0.717) is 0 Å². The predicted octanol–water partition coefficient (Wildman–Crippen LogP) is 6.03.